The molecule has 9 heteroatoms. The summed E-state index contributed by atoms with van der Waals surface area (Å²) in [6.45, 7) is -0.719. The van der Waals surface area contributed by atoms with Crippen molar-refractivity contribution in [3.05, 3.63) is 24.3 Å². The predicted octanol–water partition coefficient (Wildman–Crippen LogP) is -0.481. The molecule has 1 aromatic carbocycles. The number of anilines is 1. The van der Waals surface area contributed by atoms with E-state index in [1.165, 1.54) is 24.3 Å². The topological polar surface area (TPSA) is 127 Å². The third kappa shape index (κ3) is 4.69. The molecule has 0 unspecified atom stereocenters. The molecular formula is C8H10NO6S2-. The first-order valence-electron chi connectivity index (χ1n) is 4.39. The molecule has 1 aromatic rings. The van der Waals surface area contributed by atoms with Gasteiger partial charge in [0.1, 0.15) is 0 Å². The minimum atomic E-state index is -4.88. The Morgan fingerprint density at radius 3 is 2.41 bits per heavy atom. The fraction of sp³-hybridized carbons (Fsp3) is 0.250. The van der Waals surface area contributed by atoms with Gasteiger partial charge in [0.05, 0.1) is 17.3 Å². The molecule has 0 heterocycles. The van der Waals surface area contributed by atoms with E-state index in [9.17, 15) is 21.4 Å². The fourth-order valence-electron chi connectivity index (χ4n) is 1.07. The largest absolute Gasteiger partial charge is 0.726 e. The Morgan fingerprint density at radius 2 is 1.88 bits per heavy atom. The van der Waals surface area contributed by atoms with Crippen molar-refractivity contribution in [2.24, 2.45) is 0 Å². The molecule has 0 saturated carbocycles. The summed E-state index contributed by atoms with van der Waals surface area (Å²) in [5.74, 6) is -0.613. The average molecular weight is 280 g/mol. The van der Waals surface area contributed by atoms with Crippen LogP contribution >= 0.6 is 0 Å². The number of hydrogen-bond acceptors (Lipinski definition) is 7. The molecule has 0 aliphatic heterocycles. The Balaban J connectivity index is 2.77. The first-order chi connectivity index (χ1) is 7.71. The highest BCUT2D eigenvalue weighted by Crippen LogP contribution is 2.14. The lowest BCUT2D eigenvalue weighted by molar-refractivity contribution is 0.276. The van der Waals surface area contributed by atoms with Gasteiger partial charge in [-0.25, -0.2) is 16.8 Å². The quantitative estimate of drug-likeness (QED) is 0.438. The van der Waals surface area contributed by atoms with Crippen LogP contribution in [0.3, 0.4) is 0 Å². The Bertz CT molecular complexity index is 592. The van der Waals surface area contributed by atoms with Crippen molar-refractivity contribution in [2.75, 3.05) is 18.1 Å². The number of sulfone groups is 1. The van der Waals surface area contributed by atoms with Crippen LogP contribution in [0.4, 0.5) is 5.69 Å². The summed E-state index contributed by atoms with van der Waals surface area (Å²) in [5.41, 5.74) is 5.68. The molecule has 0 aliphatic rings. The van der Waals surface area contributed by atoms with Crippen molar-refractivity contribution in [1.29, 1.82) is 0 Å². The summed E-state index contributed by atoms with van der Waals surface area (Å²) in [4.78, 5) is -0.0515. The van der Waals surface area contributed by atoms with Crippen LogP contribution in [-0.2, 0) is 24.4 Å². The number of rotatable bonds is 5. The summed E-state index contributed by atoms with van der Waals surface area (Å²) in [6, 6.07) is 5.52. The smallest absolute Gasteiger partial charge is 0.217 e. The van der Waals surface area contributed by atoms with E-state index in [2.05, 4.69) is 4.18 Å². The first-order valence-corrected chi connectivity index (χ1v) is 7.38. The Kier molecular flexibility index (Phi) is 4.09. The summed E-state index contributed by atoms with van der Waals surface area (Å²) < 4.78 is 57.4. The van der Waals surface area contributed by atoms with E-state index in [1.807, 2.05) is 0 Å². The van der Waals surface area contributed by atoms with E-state index in [0.717, 1.165) is 0 Å². The maximum atomic E-state index is 11.6. The molecule has 0 aromatic heterocycles. The second-order valence-electron chi connectivity index (χ2n) is 3.12. The van der Waals surface area contributed by atoms with Gasteiger partial charge in [-0.1, -0.05) is 6.07 Å². The van der Waals surface area contributed by atoms with Crippen molar-refractivity contribution in [1.82, 2.24) is 0 Å². The molecule has 0 atom stereocenters. The zero-order valence-electron chi connectivity index (χ0n) is 8.57. The molecule has 0 fully saturated rings. The minimum Gasteiger partial charge on any atom is -0.726 e. The highest BCUT2D eigenvalue weighted by molar-refractivity contribution is 7.91. The van der Waals surface area contributed by atoms with Crippen LogP contribution in [0.2, 0.25) is 0 Å². The van der Waals surface area contributed by atoms with E-state index in [4.69, 9.17) is 5.73 Å². The average Bonchev–Trinajstić information content (AvgIpc) is 2.15. The van der Waals surface area contributed by atoms with Gasteiger partial charge in [-0.15, -0.1) is 0 Å². The molecule has 0 saturated heterocycles. The van der Waals surface area contributed by atoms with Gasteiger partial charge in [-0.2, -0.15) is 0 Å². The molecule has 2 N–H and O–H groups in total. The van der Waals surface area contributed by atoms with Crippen molar-refractivity contribution in [2.45, 2.75) is 4.90 Å². The third-order valence-corrected chi connectivity index (χ3v) is 3.93. The van der Waals surface area contributed by atoms with Crippen LogP contribution in [0.15, 0.2) is 29.2 Å². The van der Waals surface area contributed by atoms with Gasteiger partial charge in [0.15, 0.2) is 9.84 Å². The van der Waals surface area contributed by atoms with Crippen molar-refractivity contribution < 1.29 is 25.6 Å². The lowest BCUT2D eigenvalue weighted by Crippen LogP contribution is -2.15. The predicted molar refractivity (Wildman–Crippen MR) is 58.6 cm³/mol. The molecule has 0 bridgehead atoms. The molecule has 1 rings (SSSR count). The van der Waals surface area contributed by atoms with E-state index >= 15 is 0 Å². The zero-order chi connectivity index (χ0) is 13.1. The summed E-state index contributed by atoms with van der Waals surface area (Å²) >= 11 is 0. The standard InChI is InChI=1S/C8H11NO6S2/c9-7-2-1-3-8(6-7)16(10,11)5-4-15-17(12,13)14/h1-3,6H,4-5,9H2,(H,12,13,14)/p-1. The fourth-order valence-corrected chi connectivity index (χ4v) is 2.60. The summed E-state index contributed by atoms with van der Waals surface area (Å²) in [5, 5.41) is 0. The lowest BCUT2D eigenvalue weighted by atomic mass is 10.3. The third-order valence-electron chi connectivity index (χ3n) is 1.80. The van der Waals surface area contributed by atoms with E-state index in [0.29, 0.717) is 0 Å². The van der Waals surface area contributed by atoms with Gasteiger partial charge in [-0.05, 0) is 18.2 Å². The van der Waals surface area contributed by atoms with Crippen molar-refractivity contribution >= 4 is 25.9 Å². The lowest BCUT2D eigenvalue weighted by Gasteiger charge is -2.08. The van der Waals surface area contributed by atoms with Crippen LogP contribution in [-0.4, -0.2) is 33.7 Å². The molecule has 17 heavy (non-hydrogen) atoms. The minimum absolute atomic E-state index is 0.0515. The number of benzene rings is 1. The summed E-state index contributed by atoms with van der Waals surface area (Å²) in [7, 11) is -8.59. The second kappa shape index (κ2) is 5.00. The molecular weight excluding hydrogens is 270 g/mol. The Morgan fingerprint density at radius 1 is 1.24 bits per heavy atom. The maximum absolute atomic E-state index is 11.6. The molecule has 0 amide bonds. The SMILES string of the molecule is Nc1cccc(S(=O)(=O)CCOS(=O)(=O)[O-])c1. The van der Waals surface area contributed by atoms with Gasteiger partial charge >= 0.3 is 0 Å². The monoisotopic (exact) mass is 280 g/mol. The van der Waals surface area contributed by atoms with Gasteiger partial charge < -0.3 is 10.3 Å². The van der Waals surface area contributed by atoms with Crippen molar-refractivity contribution in [3.63, 3.8) is 0 Å². The maximum Gasteiger partial charge on any atom is 0.217 e. The van der Waals surface area contributed by atoms with Gasteiger partial charge in [0, 0.05) is 5.69 Å². The van der Waals surface area contributed by atoms with E-state index < -0.39 is 32.6 Å². The van der Waals surface area contributed by atoms with Crippen LogP contribution in [0.25, 0.3) is 0 Å². The van der Waals surface area contributed by atoms with Crippen LogP contribution in [0.1, 0.15) is 0 Å². The van der Waals surface area contributed by atoms with E-state index in [-0.39, 0.29) is 10.6 Å². The highest BCUT2D eigenvalue weighted by Gasteiger charge is 2.15. The normalized spacial score (nSPS) is 12.5. The Hall–Kier alpha value is -1.16. The highest BCUT2D eigenvalue weighted by atomic mass is 32.3. The molecule has 0 spiro atoms. The molecule has 0 aliphatic carbocycles. The van der Waals surface area contributed by atoms with Gasteiger partial charge in [-0.3, -0.25) is 4.18 Å². The van der Waals surface area contributed by atoms with Crippen LogP contribution in [0, 0.1) is 0 Å². The Labute approximate surface area is 99.1 Å². The van der Waals surface area contributed by atoms with Crippen LogP contribution in [0.5, 0.6) is 0 Å². The zero-order valence-corrected chi connectivity index (χ0v) is 10.2. The van der Waals surface area contributed by atoms with Crippen LogP contribution < -0.4 is 5.73 Å². The van der Waals surface area contributed by atoms with Gasteiger partial charge in [0.25, 0.3) is 0 Å². The number of nitrogen functional groups attached to an aromatic ring is 1. The first kappa shape index (κ1) is 13.9. The molecule has 96 valence electrons. The van der Waals surface area contributed by atoms with Gasteiger partial charge in [0.2, 0.25) is 10.4 Å². The summed E-state index contributed by atoms with van der Waals surface area (Å²) in [6.07, 6.45) is 0. The number of hydrogen-bond donors (Lipinski definition) is 1. The molecule has 7 nitrogen and oxygen atoms in total. The second-order valence-corrected chi connectivity index (χ2v) is 6.28. The molecule has 0 radical (unpaired) electrons. The van der Waals surface area contributed by atoms with Crippen molar-refractivity contribution in [3.8, 4) is 0 Å². The number of nitrogens with two attached hydrogens (primary N) is 1. The van der Waals surface area contributed by atoms with E-state index in [1.54, 1.807) is 0 Å².